The molecule has 0 aliphatic heterocycles. The molecule has 0 saturated heterocycles. The van der Waals surface area contributed by atoms with E-state index in [-0.39, 0.29) is 0 Å². The molecule has 10 rings (SSSR count). The average molecular weight is 597 g/mol. The van der Waals surface area contributed by atoms with Crippen molar-refractivity contribution < 1.29 is 0 Å². The maximum atomic E-state index is 4.49. The van der Waals surface area contributed by atoms with E-state index in [0.29, 0.717) is 0 Å². The molecule has 0 radical (unpaired) electrons. The van der Waals surface area contributed by atoms with Crippen LogP contribution in [0.1, 0.15) is 33.4 Å². The molecule has 0 unspecified atom stereocenters. The average Bonchev–Trinajstić information content (AvgIpc) is 3.38. The van der Waals surface area contributed by atoms with Gasteiger partial charge in [-0.25, -0.2) is 0 Å². The van der Waals surface area contributed by atoms with E-state index in [1.54, 1.807) is 0 Å². The molecule has 2 aliphatic carbocycles. The minimum absolute atomic E-state index is 0.597. The molecule has 8 aromatic rings. The molecule has 2 heteroatoms. The lowest BCUT2D eigenvalue weighted by molar-refractivity contribution is 0.774. The lowest BCUT2D eigenvalue weighted by atomic mass is 9.64. The van der Waals surface area contributed by atoms with Gasteiger partial charge in [0.15, 0.2) is 0 Å². The molecule has 2 aromatic heterocycles. The summed E-state index contributed by atoms with van der Waals surface area (Å²) >= 11 is 0. The highest BCUT2D eigenvalue weighted by Gasteiger charge is 2.50. The van der Waals surface area contributed by atoms with Gasteiger partial charge in [0.1, 0.15) is 0 Å². The van der Waals surface area contributed by atoms with Gasteiger partial charge < -0.3 is 0 Å². The zero-order valence-corrected chi connectivity index (χ0v) is 25.6. The van der Waals surface area contributed by atoms with E-state index in [1.807, 2.05) is 36.9 Å². The maximum absolute atomic E-state index is 4.49. The van der Waals surface area contributed by atoms with Crippen LogP contribution in [0.25, 0.3) is 67.1 Å². The van der Waals surface area contributed by atoms with Crippen molar-refractivity contribution in [2.75, 3.05) is 0 Å². The molecular formula is C45H28N2. The number of rotatable bonds is 2. The topological polar surface area (TPSA) is 25.8 Å². The zero-order valence-electron chi connectivity index (χ0n) is 25.6. The van der Waals surface area contributed by atoms with Crippen LogP contribution in [-0.2, 0) is 5.41 Å². The summed E-state index contributed by atoms with van der Waals surface area (Å²) in [4.78, 5) is 8.98. The first-order valence-corrected chi connectivity index (χ1v) is 16.1. The SMILES string of the molecule is C1=Cc2ccc(-c3cccnc3)cc2C2(c3cc(-c4cccnc4)ccc31)c1ccccc1-c1c2c2ccccc2c2ccccc12. The van der Waals surface area contributed by atoms with Crippen LogP contribution >= 0.6 is 0 Å². The summed E-state index contributed by atoms with van der Waals surface area (Å²) in [5.41, 5.74) is 14.2. The Kier molecular flexibility index (Phi) is 5.53. The third-order valence-corrected chi connectivity index (χ3v) is 10.3. The quantitative estimate of drug-likeness (QED) is 0.186. The molecular weight excluding hydrogens is 569 g/mol. The summed E-state index contributed by atoms with van der Waals surface area (Å²) in [5, 5.41) is 5.14. The Balaban J connectivity index is 1.45. The van der Waals surface area contributed by atoms with Gasteiger partial charge >= 0.3 is 0 Å². The summed E-state index contributed by atoms with van der Waals surface area (Å²) in [5.74, 6) is 0. The Morgan fingerprint density at radius 1 is 0.404 bits per heavy atom. The predicted molar refractivity (Wildman–Crippen MR) is 194 cm³/mol. The van der Waals surface area contributed by atoms with Crippen molar-refractivity contribution in [3.8, 4) is 33.4 Å². The standard InChI is InChI=1S/C45H28N2/c1-3-13-37-35(11-1)36-12-2-4-14-38(36)44-43(37)39-15-5-6-16-40(39)45(44)41-25-31(33-9-7-23-46-27-33)21-19-29(41)17-18-30-20-22-32(26-42(30)45)34-10-8-24-47-28-34/h1-28H. The van der Waals surface area contributed by atoms with Crippen LogP contribution in [0.15, 0.2) is 158 Å². The van der Waals surface area contributed by atoms with Crippen LogP contribution in [0.4, 0.5) is 0 Å². The Hall–Kier alpha value is -6.12. The number of hydrogen-bond donors (Lipinski definition) is 0. The van der Waals surface area contributed by atoms with Crippen molar-refractivity contribution in [1.82, 2.24) is 9.97 Å². The van der Waals surface area contributed by atoms with Gasteiger partial charge in [0.05, 0.1) is 5.41 Å². The van der Waals surface area contributed by atoms with Gasteiger partial charge in [-0.15, -0.1) is 0 Å². The highest BCUT2D eigenvalue weighted by Crippen LogP contribution is 2.62. The minimum Gasteiger partial charge on any atom is -0.264 e. The highest BCUT2D eigenvalue weighted by atomic mass is 14.6. The summed E-state index contributed by atoms with van der Waals surface area (Å²) in [6.45, 7) is 0. The van der Waals surface area contributed by atoms with Crippen LogP contribution in [0.2, 0.25) is 0 Å². The van der Waals surface area contributed by atoms with E-state index in [2.05, 4.69) is 143 Å². The molecule has 0 N–H and O–H groups in total. The summed E-state index contributed by atoms with van der Waals surface area (Å²) in [6.07, 6.45) is 12.2. The maximum Gasteiger partial charge on any atom is 0.0731 e. The number of nitrogens with zero attached hydrogens (tertiary/aromatic N) is 2. The smallest absolute Gasteiger partial charge is 0.0731 e. The molecule has 218 valence electrons. The number of fused-ring (bicyclic) bond motifs is 14. The van der Waals surface area contributed by atoms with Gasteiger partial charge in [-0.3, -0.25) is 9.97 Å². The van der Waals surface area contributed by atoms with E-state index in [0.717, 1.165) is 22.3 Å². The van der Waals surface area contributed by atoms with Crippen LogP contribution < -0.4 is 0 Å². The van der Waals surface area contributed by atoms with Crippen molar-refractivity contribution in [1.29, 1.82) is 0 Å². The zero-order chi connectivity index (χ0) is 31.0. The van der Waals surface area contributed by atoms with Crippen LogP contribution in [0, 0.1) is 0 Å². The van der Waals surface area contributed by atoms with Crippen molar-refractivity contribution in [3.05, 3.63) is 192 Å². The van der Waals surface area contributed by atoms with E-state index in [9.17, 15) is 0 Å². The van der Waals surface area contributed by atoms with Crippen molar-refractivity contribution in [3.63, 3.8) is 0 Å². The second kappa shape index (κ2) is 9.94. The highest BCUT2D eigenvalue weighted by molar-refractivity contribution is 6.19. The third-order valence-electron chi connectivity index (χ3n) is 10.3. The van der Waals surface area contributed by atoms with E-state index in [1.165, 1.54) is 66.1 Å². The molecule has 2 aliphatic rings. The molecule has 47 heavy (non-hydrogen) atoms. The van der Waals surface area contributed by atoms with Gasteiger partial charge in [0.2, 0.25) is 0 Å². The van der Waals surface area contributed by atoms with Crippen molar-refractivity contribution in [2.24, 2.45) is 0 Å². The first kappa shape index (κ1) is 26.1. The molecule has 2 heterocycles. The first-order chi connectivity index (χ1) is 23.3. The second-order valence-corrected chi connectivity index (χ2v) is 12.6. The van der Waals surface area contributed by atoms with E-state index < -0.39 is 5.41 Å². The van der Waals surface area contributed by atoms with Crippen LogP contribution in [-0.4, -0.2) is 9.97 Å². The van der Waals surface area contributed by atoms with Crippen LogP contribution in [0.5, 0.6) is 0 Å². The fraction of sp³-hybridized carbons (Fsp3) is 0.0222. The number of aromatic nitrogens is 2. The number of benzene rings is 6. The van der Waals surface area contributed by atoms with Crippen molar-refractivity contribution >= 4 is 33.7 Å². The van der Waals surface area contributed by atoms with Crippen LogP contribution in [0.3, 0.4) is 0 Å². The fourth-order valence-electron chi connectivity index (χ4n) is 8.34. The van der Waals surface area contributed by atoms with Crippen molar-refractivity contribution in [2.45, 2.75) is 5.41 Å². The number of hydrogen-bond acceptors (Lipinski definition) is 2. The van der Waals surface area contributed by atoms with E-state index >= 15 is 0 Å². The van der Waals surface area contributed by atoms with Gasteiger partial charge in [0.25, 0.3) is 0 Å². The predicted octanol–water partition coefficient (Wildman–Crippen LogP) is 11.0. The summed E-state index contributed by atoms with van der Waals surface area (Å²) in [6, 6.07) is 49.3. The summed E-state index contributed by atoms with van der Waals surface area (Å²) < 4.78 is 0. The molecule has 2 nitrogen and oxygen atoms in total. The Bertz CT molecular complexity index is 2470. The second-order valence-electron chi connectivity index (χ2n) is 12.6. The Morgan fingerprint density at radius 2 is 0.936 bits per heavy atom. The van der Waals surface area contributed by atoms with E-state index in [4.69, 9.17) is 0 Å². The molecule has 0 atom stereocenters. The first-order valence-electron chi connectivity index (χ1n) is 16.1. The monoisotopic (exact) mass is 596 g/mol. The Morgan fingerprint density at radius 3 is 1.53 bits per heavy atom. The van der Waals surface area contributed by atoms with Gasteiger partial charge in [-0.05, 0) is 113 Å². The van der Waals surface area contributed by atoms with Gasteiger partial charge in [0, 0.05) is 24.8 Å². The lowest BCUT2D eigenvalue weighted by Crippen LogP contribution is -2.30. The number of pyridine rings is 2. The minimum atomic E-state index is -0.597. The third kappa shape index (κ3) is 3.61. The molecule has 1 spiro atoms. The molecule has 0 amide bonds. The normalized spacial score (nSPS) is 13.6. The lowest BCUT2D eigenvalue weighted by Gasteiger charge is -2.37. The fourth-order valence-corrected chi connectivity index (χ4v) is 8.34. The Labute approximate surface area is 273 Å². The van der Waals surface area contributed by atoms with Gasteiger partial charge in [-0.2, -0.15) is 0 Å². The molecule has 0 fully saturated rings. The van der Waals surface area contributed by atoms with Gasteiger partial charge in [-0.1, -0.05) is 121 Å². The summed E-state index contributed by atoms with van der Waals surface area (Å²) in [7, 11) is 0. The molecule has 0 bridgehead atoms. The molecule has 0 saturated carbocycles. The largest absolute Gasteiger partial charge is 0.264 e. The molecule has 6 aromatic carbocycles.